The van der Waals surface area contributed by atoms with Gasteiger partial charge in [0, 0.05) is 16.3 Å². The molecule has 0 aliphatic carbocycles. The van der Waals surface area contributed by atoms with E-state index in [1.54, 1.807) is 11.3 Å². The van der Waals surface area contributed by atoms with E-state index in [1.165, 1.54) is 45.6 Å². The van der Waals surface area contributed by atoms with Crippen LogP contribution in [-0.2, 0) is 11.2 Å². The van der Waals surface area contributed by atoms with Crippen molar-refractivity contribution in [1.82, 2.24) is 19.9 Å². The number of carbonyl (C=O) groups is 1. The summed E-state index contributed by atoms with van der Waals surface area (Å²) in [5.74, 6) is -0.189. The van der Waals surface area contributed by atoms with Gasteiger partial charge in [0.1, 0.15) is 11.2 Å². The summed E-state index contributed by atoms with van der Waals surface area (Å²) in [5.41, 5.74) is 3.23. The van der Waals surface area contributed by atoms with Crippen molar-refractivity contribution < 1.29 is 4.79 Å². The van der Waals surface area contributed by atoms with Crippen molar-refractivity contribution in [3.8, 4) is 0 Å². The lowest BCUT2D eigenvalue weighted by Crippen LogP contribution is -2.34. The largest absolute Gasteiger partial charge is 0.360 e. The molecule has 0 aromatic carbocycles. The van der Waals surface area contributed by atoms with Crippen LogP contribution >= 0.6 is 45.8 Å². The molecular formula is C18H18N6O2S4. The van der Waals surface area contributed by atoms with Crippen LogP contribution < -0.4 is 16.3 Å². The summed E-state index contributed by atoms with van der Waals surface area (Å²) in [6, 6.07) is 4.14. The van der Waals surface area contributed by atoms with Crippen molar-refractivity contribution in [3.05, 3.63) is 49.5 Å². The quantitative estimate of drug-likeness (QED) is 0.374. The topological polar surface area (TPSA) is 102 Å². The predicted molar refractivity (Wildman–Crippen MR) is 125 cm³/mol. The number of nitrogens with one attached hydrogen (secondary N) is 2. The van der Waals surface area contributed by atoms with Crippen molar-refractivity contribution in [3.63, 3.8) is 0 Å². The fraction of sp³-hybridized carbons (Fsp3) is 0.278. The van der Waals surface area contributed by atoms with Gasteiger partial charge in [-0.15, -0.1) is 32.9 Å². The van der Waals surface area contributed by atoms with E-state index in [1.807, 2.05) is 19.9 Å². The van der Waals surface area contributed by atoms with Gasteiger partial charge >= 0.3 is 0 Å². The number of hydrogen-bond donors (Lipinski definition) is 2. The van der Waals surface area contributed by atoms with Crippen molar-refractivity contribution in [2.45, 2.75) is 24.6 Å². The zero-order chi connectivity index (χ0) is 21.1. The van der Waals surface area contributed by atoms with Crippen LogP contribution in [0.4, 0.5) is 5.13 Å². The number of nitrogens with zero attached hydrogens (tertiary/aromatic N) is 4. The Labute approximate surface area is 188 Å². The Morgan fingerprint density at radius 1 is 1.27 bits per heavy atom. The van der Waals surface area contributed by atoms with Gasteiger partial charge in [0.15, 0.2) is 4.34 Å². The first kappa shape index (κ1) is 21.0. The van der Waals surface area contributed by atoms with Crippen LogP contribution in [0, 0.1) is 13.8 Å². The molecule has 30 heavy (non-hydrogen) atoms. The molecule has 0 unspecified atom stereocenters. The number of carbonyl (C=O) groups excluding carboxylic acids is 1. The lowest BCUT2D eigenvalue weighted by molar-refractivity contribution is -0.114. The molecule has 0 radical (unpaired) electrons. The van der Waals surface area contributed by atoms with Gasteiger partial charge in [0.2, 0.25) is 11.0 Å². The molecule has 8 nitrogen and oxygen atoms in total. The highest BCUT2D eigenvalue weighted by Gasteiger charge is 2.14. The van der Waals surface area contributed by atoms with Gasteiger partial charge in [-0.25, -0.2) is 9.66 Å². The molecule has 1 amide bonds. The molecule has 0 aliphatic heterocycles. The summed E-state index contributed by atoms with van der Waals surface area (Å²) in [6.45, 7) is 4.62. The van der Waals surface area contributed by atoms with E-state index in [9.17, 15) is 9.59 Å². The summed E-state index contributed by atoms with van der Waals surface area (Å²) < 4.78 is 1.83. The highest BCUT2D eigenvalue weighted by molar-refractivity contribution is 8.01. The molecule has 0 atom stereocenters. The maximum Gasteiger partial charge on any atom is 0.281 e. The molecule has 0 aliphatic rings. The molecule has 4 heterocycles. The number of aryl methyl sites for hydroxylation is 2. The van der Waals surface area contributed by atoms with Gasteiger partial charge in [0.05, 0.1) is 11.1 Å². The van der Waals surface area contributed by atoms with Crippen LogP contribution in [0.15, 0.2) is 33.0 Å². The third kappa shape index (κ3) is 4.72. The Morgan fingerprint density at radius 3 is 2.93 bits per heavy atom. The summed E-state index contributed by atoms with van der Waals surface area (Å²) in [7, 11) is 0. The molecule has 4 rings (SSSR count). The highest BCUT2D eigenvalue weighted by atomic mass is 32.2. The van der Waals surface area contributed by atoms with E-state index in [0.717, 1.165) is 33.2 Å². The van der Waals surface area contributed by atoms with Gasteiger partial charge in [-0.1, -0.05) is 29.2 Å². The Hall–Kier alpha value is -2.28. The Kier molecular flexibility index (Phi) is 6.46. The standard InChI is InChI=1S/C18H18N6O2S4/c1-10-11(2)29-15-14(10)16(26)24(9-20-15)23-13(25)8-28-18-22-21-17(30-18)19-6-5-12-4-3-7-27-12/h3-4,7,9H,5-6,8H2,1-2H3,(H,19,21)(H,23,25). The SMILES string of the molecule is Cc1sc2ncn(NC(=O)CSc3nnc(NCCc4cccs4)s3)c(=O)c2c1C. The second-order valence-corrected chi connectivity index (χ2v) is 10.8. The molecule has 0 bridgehead atoms. The Bertz CT molecular complexity index is 1230. The number of hydrogen-bond acceptors (Lipinski definition) is 10. The maximum atomic E-state index is 12.6. The van der Waals surface area contributed by atoms with Gasteiger partial charge < -0.3 is 5.32 Å². The van der Waals surface area contributed by atoms with Crippen molar-refractivity contribution in [2.24, 2.45) is 0 Å². The second-order valence-electron chi connectivity index (χ2n) is 6.34. The number of thioether (sulfide) groups is 1. The van der Waals surface area contributed by atoms with E-state index >= 15 is 0 Å². The van der Waals surface area contributed by atoms with Crippen molar-refractivity contribution in [2.75, 3.05) is 23.0 Å². The fourth-order valence-corrected chi connectivity index (χ4v) is 5.96. The normalized spacial score (nSPS) is 11.1. The van der Waals surface area contributed by atoms with E-state index in [2.05, 4.69) is 37.4 Å². The number of amides is 1. The first-order chi connectivity index (χ1) is 14.5. The lowest BCUT2D eigenvalue weighted by atomic mass is 10.2. The van der Waals surface area contributed by atoms with Gasteiger partial charge in [0.25, 0.3) is 5.56 Å². The average molecular weight is 479 g/mol. The van der Waals surface area contributed by atoms with Crippen LogP contribution in [0.25, 0.3) is 10.2 Å². The number of rotatable bonds is 8. The van der Waals surface area contributed by atoms with Gasteiger partial charge in [-0.3, -0.25) is 15.0 Å². The van der Waals surface area contributed by atoms with Crippen LogP contribution in [0.5, 0.6) is 0 Å². The molecule has 12 heteroatoms. The molecule has 4 aromatic heterocycles. The molecule has 156 valence electrons. The fourth-order valence-electron chi connectivity index (χ4n) is 2.70. The van der Waals surface area contributed by atoms with E-state index in [-0.39, 0.29) is 17.2 Å². The Morgan fingerprint density at radius 2 is 2.13 bits per heavy atom. The minimum Gasteiger partial charge on any atom is -0.360 e. The third-order valence-electron chi connectivity index (χ3n) is 4.30. The van der Waals surface area contributed by atoms with Crippen LogP contribution in [-0.4, -0.2) is 38.1 Å². The first-order valence-electron chi connectivity index (χ1n) is 9.01. The van der Waals surface area contributed by atoms with Crippen molar-refractivity contribution in [1.29, 1.82) is 0 Å². The van der Waals surface area contributed by atoms with Crippen molar-refractivity contribution >= 4 is 67.0 Å². The lowest BCUT2D eigenvalue weighted by Gasteiger charge is -2.06. The van der Waals surface area contributed by atoms with Crippen LogP contribution in [0.3, 0.4) is 0 Å². The summed E-state index contributed by atoms with van der Waals surface area (Å²) in [6.07, 6.45) is 2.28. The molecule has 0 fully saturated rings. The summed E-state index contributed by atoms with van der Waals surface area (Å²) in [4.78, 5) is 32.3. The minimum atomic E-state index is -0.310. The number of thiophene rings is 2. The van der Waals surface area contributed by atoms with E-state index < -0.39 is 0 Å². The summed E-state index contributed by atoms with van der Waals surface area (Å²) in [5, 5.41) is 14.8. The van der Waals surface area contributed by atoms with E-state index in [4.69, 9.17) is 0 Å². The van der Waals surface area contributed by atoms with Gasteiger partial charge in [-0.05, 0) is 37.3 Å². The molecule has 2 N–H and O–H groups in total. The second kappa shape index (κ2) is 9.25. The van der Waals surface area contributed by atoms with Crippen LogP contribution in [0.2, 0.25) is 0 Å². The van der Waals surface area contributed by atoms with E-state index in [0.29, 0.717) is 14.6 Å². The molecule has 4 aromatic rings. The number of anilines is 1. The first-order valence-corrected chi connectivity index (χ1v) is 12.5. The average Bonchev–Trinajstić information content (AvgIpc) is 3.45. The third-order valence-corrected chi connectivity index (χ3v) is 8.36. The molecule has 0 saturated heterocycles. The molecular weight excluding hydrogens is 461 g/mol. The predicted octanol–water partition coefficient (Wildman–Crippen LogP) is 3.50. The Balaban J connectivity index is 1.30. The van der Waals surface area contributed by atoms with Gasteiger partial charge in [-0.2, -0.15) is 0 Å². The minimum absolute atomic E-state index is 0.121. The zero-order valence-corrected chi connectivity index (χ0v) is 19.4. The zero-order valence-electron chi connectivity index (χ0n) is 16.2. The molecule has 0 saturated carbocycles. The smallest absolute Gasteiger partial charge is 0.281 e. The monoisotopic (exact) mass is 478 g/mol. The maximum absolute atomic E-state index is 12.6. The van der Waals surface area contributed by atoms with Crippen LogP contribution in [0.1, 0.15) is 15.3 Å². The molecule has 0 spiro atoms. The number of aromatic nitrogens is 4. The summed E-state index contributed by atoms with van der Waals surface area (Å²) >= 11 is 5.88. The highest BCUT2D eigenvalue weighted by Crippen LogP contribution is 2.26. The number of fused-ring (bicyclic) bond motifs is 1.